The van der Waals surface area contributed by atoms with Gasteiger partial charge in [-0.2, -0.15) is 0 Å². The van der Waals surface area contributed by atoms with E-state index < -0.39 is 0 Å². The van der Waals surface area contributed by atoms with Crippen LogP contribution in [0.4, 0.5) is 0 Å². The lowest BCUT2D eigenvalue weighted by atomic mass is 9.34. The van der Waals surface area contributed by atoms with Gasteiger partial charge >= 0.3 is 0 Å². The van der Waals surface area contributed by atoms with Gasteiger partial charge in [-0.3, -0.25) is 0 Å². The Morgan fingerprint density at radius 1 is 0.260 bits per heavy atom. The second-order valence-corrected chi connectivity index (χ2v) is 20.6. The summed E-state index contributed by atoms with van der Waals surface area (Å²) in [6, 6.07) is 89.9. The van der Waals surface area contributed by atoms with Gasteiger partial charge in [0.1, 0.15) is 0 Å². The Bertz CT molecular complexity index is 5120. The fourth-order valence-corrected chi connectivity index (χ4v) is 14.3. The number of rotatable bonds is 2. The number of benzene rings is 14. The van der Waals surface area contributed by atoms with E-state index in [2.05, 4.69) is 246 Å². The van der Waals surface area contributed by atoms with Gasteiger partial charge < -0.3 is 9.13 Å². The SMILES string of the molecule is c1cc2c3c(c1)-n1c4ccc(-c5c6ccccc6cc6ccccc56)cc4c4c5c6ccccc6c6ccccc6c5cc(c41)B3c1cccc3c4cc(-c5c6ccccc6cc6ccccc56)ccc4n-2c13. The molecule has 0 aliphatic carbocycles. The predicted molar refractivity (Wildman–Crippen MR) is 313 cm³/mol. The first-order valence-corrected chi connectivity index (χ1v) is 25.6. The van der Waals surface area contributed by atoms with E-state index in [0.717, 1.165) is 0 Å². The highest BCUT2D eigenvalue weighted by atomic mass is 15.0. The second kappa shape index (κ2) is 13.7. The molecule has 2 aliphatic rings. The summed E-state index contributed by atoms with van der Waals surface area (Å²) in [6.07, 6.45) is 0. The molecule has 0 spiro atoms. The van der Waals surface area contributed by atoms with Gasteiger partial charge in [0.2, 0.25) is 0 Å². The number of hydrogen-bond acceptors (Lipinski definition) is 0. The Hall–Kier alpha value is -9.44. The van der Waals surface area contributed by atoms with Crippen molar-refractivity contribution in [1.29, 1.82) is 0 Å². The van der Waals surface area contributed by atoms with Crippen molar-refractivity contribution >= 4 is 142 Å². The van der Waals surface area contributed by atoms with Gasteiger partial charge in [-0.1, -0.05) is 188 Å². The molecule has 18 rings (SSSR count). The molecule has 2 aliphatic heterocycles. The molecule has 0 fully saturated rings. The molecule has 16 aromatic rings. The molecule has 0 N–H and O–H groups in total. The minimum absolute atomic E-state index is 0.00335. The van der Waals surface area contributed by atoms with Crippen molar-refractivity contribution in [3.8, 4) is 33.6 Å². The summed E-state index contributed by atoms with van der Waals surface area (Å²) in [6.45, 7) is 0.00335. The molecule has 14 aromatic carbocycles. The van der Waals surface area contributed by atoms with Crippen molar-refractivity contribution in [3.63, 3.8) is 0 Å². The number of fused-ring (bicyclic) bond motifs is 21. The minimum atomic E-state index is 0.00335. The summed E-state index contributed by atoms with van der Waals surface area (Å²) in [7, 11) is 0. The number of nitrogens with zero attached hydrogens (tertiary/aromatic N) is 2. The van der Waals surface area contributed by atoms with E-state index in [1.165, 1.54) is 169 Å². The van der Waals surface area contributed by atoms with Crippen LogP contribution in [0.2, 0.25) is 0 Å². The smallest absolute Gasteiger partial charge is 0.252 e. The van der Waals surface area contributed by atoms with Crippen LogP contribution in [-0.2, 0) is 0 Å². The predicted octanol–water partition coefficient (Wildman–Crippen LogP) is 16.4. The molecule has 0 unspecified atom stereocenters. The van der Waals surface area contributed by atoms with E-state index in [1.54, 1.807) is 0 Å². The van der Waals surface area contributed by atoms with E-state index in [9.17, 15) is 0 Å². The molecule has 0 bridgehead atoms. The summed E-state index contributed by atoms with van der Waals surface area (Å²) in [5.74, 6) is 0. The topological polar surface area (TPSA) is 9.86 Å². The normalized spacial score (nSPS) is 12.9. The van der Waals surface area contributed by atoms with Crippen LogP contribution in [-0.4, -0.2) is 15.8 Å². The first-order chi connectivity index (χ1) is 36.2. The van der Waals surface area contributed by atoms with Crippen molar-refractivity contribution in [2.24, 2.45) is 0 Å². The van der Waals surface area contributed by atoms with Crippen LogP contribution < -0.4 is 16.4 Å². The van der Waals surface area contributed by atoms with E-state index in [0.29, 0.717) is 0 Å². The third-order valence-electron chi connectivity index (χ3n) is 17.2. The standard InChI is InChI=1S/C70H39BN2/c1-5-19-46-40(15-1)35-41-16-2-6-20-47(41)64(46)44-31-33-60-55(37-44)54-27-13-28-58-69(54)72(60)62-29-14-30-63-68(62)71(58)59-39-56-52-25-10-9-23-50(52)51-24-11-12-26-53(51)66(56)67-57-38-45(32-34-61(57)73(63)70(59)67)65-48-21-7-3-17-42(48)36-43-18-4-8-22-49(43)65/h1-39H. The average Bonchev–Trinajstić information content (AvgIpc) is 4.06. The van der Waals surface area contributed by atoms with Gasteiger partial charge in [-0.25, -0.2) is 0 Å². The van der Waals surface area contributed by atoms with E-state index in [1.807, 2.05) is 0 Å². The highest BCUT2D eigenvalue weighted by molar-refractivity contribution is 7.00. The monoisotopic (exact) mass is 918 g/mol. The van der Waals surface area contributed by atoms with Crippen molar-refractivity contribution in [2.75, 3.05) is 0 Å². The lowest BCUT2D eigenvalue weighted by Gasteiger charge is -2.34. The highest BCUT2D eigenvalue weighted by Gasteiger charge is 2.41. The van der Waals surface area contributed by atoms with Crippen molar-refractivity contribution in [1.82, 2.24) is 9.13 Å². The third-order valence-corrected chi connectivity index (χ3v) is 17.2. The summed E-state index contributed by atoms with van der Waals surface area (Å²) < 4.78 is 5.24. The Morgan fingerprint density at radius 3 is 1.27 bits per heavy atom. The van der Waals surface area contributed by atoms with Gasteiger partial charge in [0.25, 0.3) is 6.71 Å². The molecule has 3 heteroatoms. The van der Waals surface area contributed by atoms with Gasteiger partial charge in [0, 0.05) is 43.8 Å². The van der Waals surface area contributed by atoms with Crippen LogP contribution in [0.15, 0.2) is 237 Å². The van der Waals surface area contributed by atoms with Crippen LogP contribution in [0.25, 0.3) is 153 Å². The molecule has 4 heterocycles. The maximum atomic E-state index is 2.64. The molecule has 332 valence electrons. The maximum absolute atomic E-state index is 2.64. The molecule has 0 saturated carbocycles. The minimum Gasteiger partial charge on any atom is -0.310 e. The van der Waals surface area contributed by atoms with Crippen molar-refractivity contribution < 1.29 is 0 Å². The summed E-state index contributed by atoms with van der Waals surface area (Å²) in [5, 5.41) is 23.1. The van der Waals surface area contributed by atoms with Crippen LogP contribution in [0.1, 0.15) is 0 Å². The fourth-order valence-electron chi connectivity index (χ4n) is 14.3. The van der Waals surface area contributed by atoms with Crippen LogP contribution in [0.3, 0.4) is 0 Å². The Balaban J connectivity index is 0.985. The molecule has 73 heavy (non-hydrogen) atoms. The average molecular weight is 919 g/mol. The van der Waals surface area contributed by atoms with Gasteiger partial charge in [-0.05, 0) is 157 Å². The molecule has 2 nitrogen and oxygen atoms in total. The van der Waals surface area contributed by atoms with E-state index in [-0.39, 0.29) is 6.71 Å². The van der Waals surface area contributed by atoms with Crippen molar-refractivity contribution in [3.05, 3.63) is 237 Å². The zero-order valence-corrected chi connectivity index (χ0v) is 39.5. The highest BCUT2D eigenvalue weighted by Crippen LogP contribution is 2.48. The summed E-state index contributed by atoms with van der Waals surface area (Å²) in [5.41, 5.74) is 16.7. The summed E-state index contributed by atoms with van der Waals surface area (Å²) >= 11 is 0. The molecular formula is C70H39BN2. The van der Waals surface area contributed by atoms with Crippen LogP contribution in [0.5, 0.6) is 0 Å². The van der Waals surface area contributed by atoms with E-state index in [4.69, 9.17) is 0 Å². The van der Waals surface area contributed by atoms with E-state index >= 15 is 0 Å². The lowest BCUT2D eigenvalue weighted by Crippen LogP contribution is -2.59. The number of hydrogen-bond donors (Lipinski definition) is 0. The first kappa shape index (κ1) is 38.3. The van der Waals surface area contributed by atoms with Gasteiger partial charge in [-0.15, -0.1) is 0 Å². The molecular weight excluding hydrogens is 880 g/mol. The van der Waals surface area contributed by atoms with Gasteiger partial charge in [0.05, 0.1) is 16.6 Å². The van der Waals surface area contributed by atoms with Crippen molar-refractivity contribution in [2.45, 2.75) is 0 Å². The second-order valence-electron chi connectivity index (χ2n) is 20.6. The third kappa shape index (κ3) is 4.80. The summed E-state index contributed by atoms with van der Waals surface area (Å²) in [4.78, 5) is 0. The van der Waals surface area contributed by atoms with Crippen LogP contribution in [0, 0.1) is 0 Å². The van der Waals surface area contributed by atoms with Gasteiger partial charge in [0.15, 0.2) is 0 Å². The number of aromatic nitrogens is 2. The molecule has 2 aromatic heterocycles. The van der Waals surface area contributed by atoms with Crippen LogP contribution >= 0.6 is 0 Å². The Morgan fingerprint density at radius 2 is 0.699 bits per heavy atom. The zero-order chi connectivity index (χ0) is 47.2. The number of para-hydroxylation sites is 1. The largest absolute Gasteiger partial charge is 0.310 e. The fraction of sp³-hybridized carbons (Fsp3) is 0. The lowest BCUT2D eigenvalue weighted by molar-refractivity contribution is 1.14. The Labute approximate surface area is 419 Å². The maximum Gasteiger partial charge on any atom is 0.252 e. The molecule has 0 atom stereocenters. The first-order valence-electron chi connectivity index (χ1n) is 25.6. The molecule has 0 saturated heterocycles. The quantitative estimate of drug-likeness (QED) is 0.0929. The zero-order valence-electron chi connectivity index (χ0n) is 39.5. The molecule has 0 amide bonds. The Kier molecular flexibility index (Phi) is 7.19. The molecule has 0 radical (unpaired) electrons.